The van der Waals surface area contributed by atoms with E-state index in [0.29, 0.717) is 11.6 Å². The summed E-state index contributed by atoms with van der Waals surface area (Å²) in [5, 5.41) is 18.3. The molecular weight excluding hydrogens is 250 g/mol. The number of furan rings is 1. The van der Waals surface area contributed by atoms with Crippen LogP contribution in [0, 0.1) is 10.1 Å². The van der Waals surface area contributed by atoms with E-state index in [1.165, 1.54) is 6.07 Å². The summed E-state index contributed by atoms with van der Waals surface area (Å²) >= 11 is 0. The molecule has 0 saturated carbocycles. The zero-order valence-corrected chi connectivity index (χ0v) is 11.0. The third-order valence-corrected chi connectivity index (χ3v) is 2.60. The van der Waals surface area contributed by atoms with E-state index < -0.39 is 4.92 Å². The van der Waals surface area contributed by atoms with Crippen molar-refractivity contribution in [2.45, 2.75) is 32.7 Å². The molecule has 0 aliphatic heterocycles. The second kappa shape index (κ2) is 4.38. The second-order valence-corrected chi connectivity index (χ2v) is 5.23. The van der Waals surface area contributed by atoms with Crippen LogP contribution in [-0.4, -0.2) is 19.9 Å². The van der Waals surface area contributed by atoms with Gasteiger partial charge in [-0.3, -0.25) is 10.1 Å². The molecule has 0 aliphatic rings. The van der Waals surface area contributed by atoms with Crippen molar-refractivity contribution in [3.63, 3.8) is 0 Å². The van der Waals surface area contributed by atoms with Gasteiger partial charge in [-0.2, -0.15) is 0 Å². The minimum atomic E-state index is -0.579. The monoisotopic (exact) mass is 265 g/mol. The number of anilines is 1. The highest BCUT2D eigenvalue weighted by molar-refractivity contribution is 5.38. The molecule has 0 aliphatic carbocycles. The standard InChI is InChI=1S/C11H15N5O3/c1-11(2,3)9-10(12)13-14-15(9)6-7-4-5-8(19-7)16(17)18/h4-5H,6,12H2,1-3H3. The maximum Gasteiger partial charge on any atom is 0.433 e. The summed E-state index contributed by atoms with van der Waals surface area (Å²) in [7, 11) is 0. The fraction of sp³-hybridized carbons (Fsp3) is 0.455. The van der Waals surface area contributed by atoms with E-state index in [2.05, 4.69) is 10.3 Å². The number of nitrogens with zero attached hydrogens (tertiary/aromatic N) is 4. The van der Waals surface area contributed by atoms with Crippen LogP contribution in [-0.2, 0) is 12.0 Å². The highest BCUT2D eigenvalue weighted by Crippen LogP contribution is 2.27. The quantitative estimate of drug-likeness (QED) is 0.667. The van der Waals surface area contributed by atoms with Crippen LogP contribution in [0.15, 0.2) is 16.5 Å². The lowest BCUT2D eigenvalue weighted by Crippen LogP contribution is -2.20. The Morgan fingerprint density at radius 1 is 1.47 bits per heavy atom. The van der Waals surface area contributed by atoms with Crippen LogP contribution in [0.3, 0.4) is 0 Å². The minimum absolute atomic E-state index is 0.230. The Morgan fingerprint density at radius 2 is 2.16 bits per heavy atom. The topological polar surface area (TPSA) is 113 Å². The first kappa shape index (κ1) is 13.1. The van der Waals surface area contributed by atoms with Crippen molar-refractivity contribution >= 4 is 11.7 Å². The fourth-order valence-corrected chi connectivity index (χ4v) is 1.91. The Labute approximate surface area is 109 Å². The molecule has 8 nitrogen and oxygen atoms in total. The van der Waals surface area contributed by atoms with E-state index in [1.807, 2.05) is 20.8 Å². The van der Waals surface area contributed by atoms with Crippen molar-refractivity contribution in [2.24, 2.45) is 0 Å². The summed E-state index contributed by atoms with van der Waals surface area (Å²) in [5.74, 6) is 0.496. The van der Waals surface area contributed by atoms with Crippen LogP contribution in [0.1, 0.15) is 32.2 Å². The third kappa shape index (κ3) is 2.56. The molecule has 2 aromatic heterocycles. The molecule has 2 heterocycles. The Morgan fingerprint density at radius 3 is 2.68 bits per heavy atom. The Kier molecular flexibility index (Phi) is 3.01. The van der Waals surface area contributed by atoms with Crippen LogP contribution in [0.4, 0.5) is 11.7 Å². The number of nitro groups is 1. The van der Waals surface area contributed by atoms with Crippen molar-refractivity contribution in [1.29, 1.82) is 0 Å². The van der Waals surface area contributed by atoms with Crippen molar-refractivity contribution in [3.8, 4) is 0 Å². The minimum Gasteiger partial charge on any atom is -0.404 e. The molecule has 0 saturated heterocycles. The normalized spacial score (nSPS) is 11.7. The van der Waals surface area contributed by atoms with Crippen molar-refractivity contribution < 1.29 is 9.34 Å². The summed E-state index contributed by atoms with van der Waals surface area (Å²) < 4.78 is 6.69. The van der Waals surface area contributed by atoms with Crippen molar-refractivity contribution in [2.75, 3.05) is 5.73 Å². The number of aromatic nitrogens is 3. The summed E-state index contributed by atoms with van der Waals surface area (Å²) in [4.78, 5) is 9.97. The molecule has 102 valence electrons. The van der Waals surface area contributed by atoms with E-state index in [0.717, 1.165) is 5.69 Å². The van der Waals surface area contributed by atoms with E-state index in [4.69, 9.17) is 10.2 Å². The van der Waals surface area contributed by atoms with Gasteiger partial charge in [0.05, 0.1) is 11.8 Å². The third-order valence-electron chi connectivity index (χ3n) is 2.60. The summed E-state index contributed by atoms with van der Waals surface area (Å²) in [6, 6.07) is 2.86. The molecule has 0 unspecified atom stereocenters. The van der Waals surface area contributed by atoms with Crippen LogP contribution < -0.4 is 5.73 Å². The zero-order valence-electron chi connectivity index (χ0n) is 11.0. The predicted molar refractivity (Wildman–Crippen MR) is 67.6 cm³/mol. The van der Waals surface area contributed by atoms with Crippen LogP contribution >= 0.6 is 0 Å². The summed E-state index contributed by atoms with van der Waals surface area (Å²) in [6.07, 6.45) is 0. The second-order valence-electron chi connectivity index (χ2n) is 5.23. The summed E-state index contributed by atoms with van der Waals surface area (Å²) in [5.41, 5.74) is 6.34. The molecule has 19 heavy (non-hydrogen) atoms. The first-order valence-corrected chi connectivity index (χ1v) is 5.71. The number of nitrogen functional groups attached to an aromatic ring is 1. The first-order chi connectivity index (χ1) is 8.79. The number of rotatable bonds is 3. The van der Waals surface area contributed by atoms with E-state index >= 15 is 0 Å². The van der Waals surface area contributed by atoms with E-state index in [-0.39, 0.29) is 17.8 Å². The average Bonchev–Trinajstić information content (AvgIpc) is 2.85. The van der Waals surface area contributed by atoms with Gasteiger partial charge in [-0.25, -0.2) is 4.68 Å². The SMILES string of the molecule is CC(C)(C)c1c(N)nnn1Cc1ccc([N+](=O)[O-])o1. The largest absolute Gasteiger partial charge is 0.433 e. The fourth-order valence-electron chi connectivity index (χ4n) is 1.91. The predicted octanol–water partition coefficient (Wildman–Crippen LogP) is 1.71. The van der Waals surface area contributed by atoms with E-state index in [1.54, 1.807) is 10.7 Å². The smallest absolute Gasteiger partial charge is 0.404 e. The van der Waals surface area contributed by atoms with E-state index in [9.17, 15) is 10.1 Å². The van der Waals surface area contributed by atoms with Gasteiger partial charge in [-0.1, -0.05) is 26.0 Å². The van der Waals surface area contributed by atoms with Gasteiger partial charge in [-0.05, 0) is 6.07 Å². The van der Waals surface area contributed by atoms with Gasteiger partial charge in [0.1, 0.15) is 17.2 Å². The number of nitrogens with two attached hydrogens (primary N) is 1. The molecule has 0 fully saturated rings. The Bertz CT molecular complexity index is 608. The molecule has 0 aromatic carbocycles. The van der Waals surface area contributed by atoms with Gasteiger partial charge >= 0.3 is 5.88 Å². The average molecular weight is 265 g/mol. The van der Waals surface area contributed by atoms with Crippen molar-refractivity contribution in [3.05, 3.63) is 33.7 Å². The maximum absolute atomic E-state index is 10.6. The lowest BCUT2D eigenvalue weighted by Gasteiger charge is -2.19. The van der Waals surface area contributed by atoms with Crippen LogP contribution in [0.2, 0.25) is 0 Å². The number of hydrogen-bond donors (Lipinski definition) is 1. The lowest BCUT2D eigenvalue weighted by molar-refractivity contribution is -0.402. The van der Waals surface area contributed by atoms with Gasteiger partial charge < -0.3 is 10.2 Å². The molecule has 2 N–H and O–H groups in total. The van der Waals surface area contributed by atoms with Gasteiger partial charge in [0.15, 0.2) is 5.82 Å². The molecule has 0 bridgehead atoms. The molecule has 0 spiro atoms. The molecule has 0 amide bonds. The highest BCUT2D eigenvalue weighted by Gasteiger charge is 2.25. The zero-order chi connectivity index (χ0) is 14.2. The van der Waals surface area contributed by atoms with Gasteiger partial charge in [0, 0.05) is 5.41 Å². The van der Waals surface area contributed by atoms with Crippen LogP contribution in [0.5, 0.6) is 0 Å². The molecule has 8 heteroatoms. The van der Waals surface area contributed by atoms with Crippen LogP contribution in [0.25, 0.3) is 0 Å². The van der Waals surface area contributed by atoms with Gasteiger partial charge in [0.2, 0.25) is 0 Å². The maximum atomic E-state index is 10.6. The Balaban J connectivity index is 2.31. The highest BCUT2D eigenvalue weighted by atomic mass is 16.6. The molecule has 0 atom stereocenters. The summed E-state index contributed by atoms with van der Waals surface area (Å²) in [6.45, 7) is 6.22. The Hall–Kier alpha value is -2.38. The molecule has 2 rings (SSSR count). The first-order valence-electron chi connectivity index (χ1n) is 5.71. The molecule has 0 radical (unpaired) electrons. The molecule has 2 aromatic rings. The van der Waals surface area contributed by atoms with Gasteiger partial charge in [0.25, 0.3) is 0 Å². The van der Waals surface area contributed by atoms with Crippen molar-refractivity contribution in [1.82, 2.24) is 15.0 Å². The lowest BCUT2D eigenvalue weighted by atomic mass is 9.92. The van der Waals surface area contributed by atoms with Gasteiger partial charge in [-0.15, -0.1) is 5.10 Å². The number of hydrogen-bond acceptors (Lipinski definition) is 6. The molecular formula is C11H15N5O3.